The van der Waals surface area contributed by atoms with Gasteiger partial charge in [-0.1, -0.05) is 6.07 Å². The number of nitrogens with zero attached hydrogens (tertiary/aromatic N) is 2. The maximum Gasteiger partial charge on any atom is 0.282 e. The highest BCUT2D eigenvalue weighted by Crippen LogP contribution is 2.39. The van der Waals surface area contributed by atoms with Crippen molar-refractivity contribution >= 4 is 34.4 Å². The van der Waals surface area contributed by atoms with E-state index >= 15 is 0 Å². The molecular weight excluding hydrogens is 392 g/mol. The van der Waals surface area contributed by atoms with Gasteiger partial charge in [-0.25, -0.2) is 4.90 Å². The third kappa shape index (κ3) is 3.99. The topological polar surface area (TPSA) is 79.3 Å². The lowest BCUT2D eigenvalue weighted by Crippen LogP contribution is -2.34. The monoisotopic (exact) mass is 416 g/mol. The number of aliphatic hydroxyl groups excluding tert-OH is 1. The molecule has 1 N–H and O–H groups in total. The van der Waals surface area contributed by atoms with Gasteiger partial charge in [-0.3, -0.25) is 9.59 Å². The first kappa shape index (κ1) is 20.9. The first-order valence-corrected chi connectivity index (χ1v) is 10.3. The first-order chi connectivity index (χ1) is 14.0. The summed E-state index contributed by atoms with van der Waals surface area (Å²) in [7, 11) is 1.69. The molecule has 0 saturated carbocycles. The summed E-state index contributed by atoms with van der Waals surface area (Å²) in [5.74, 6) is 0.202. The SMILES string of the molecule is CCOc1ccc(N2C(=O)C(c3cccs3)=C(N(C)CCO)C2=O)cc1OCC. The Labute approximate surface area is 173 Å². The second-order valence-electron chi connectivity index (χ2n) is 6.29. The molecule has 1 aromatic heterocycles. The second-order valence-corrected chi connectivity index (χ2v) is 7.24. The fourth-order valence-electron chi connectivity index (χ4n) is 3.19. The molecule has 2 aromatic rings. The van der Waals surface area contributed by atoms with E-state index in [4.69, 9.17) is 9.47 Å². The summed E-state index contributed by atoms with van der Waals surface area (Å²) in [5, 5.41) is 11.2. The molecule has 3 rings (SSSR count). The molecule has 0 fully saturated rings. The first-order valence-electron chi connectivity index (χ1n) is 9.42. The Balaban J connectivity index is 2.05. The van der Waals surface area contributed by atoms with E-state index in [1.54, 1.807) is 30.1 Å². The minimum absolute atomic E-state index is 0.128. The zero-order chi connectivity index (χ0) is 21.0. The molecule has 154 valence electrons. The number of thiophene rings is 1. The number of likely N-dealkylation sites (N-methyl/N-ethyl adjacent to an activating group) is 1. The summed E-state index contributed by atoms with van der Waals surface area (Å²) in [6.07, 6.45) is 0. The van der Waals surface area contributed by atoms with Crippen LogP contribution in [0.1, 0.15) is 18.7 Å². The van der Waals surface area contributed by atoms with E-state index in [1.807, 2.05) is 31.4 Å². The third-order valence-corrected chi connectivity index (χ3v) is 5.32. The summed E-state index contributed by atoms with van der Waals surface area (Å²) in [5.41, 5.74) is 1.03. The molecule has 0 bridgehead atoms. The highest BCUT2D eigenvalue weighted by molar-refractivity contribution is 7.11. The number of anilines is 1. The van der Waals surface area contributed by atoms with Crippen LogP contribution in [-0.2, 0) is 9.59 Å². The highest BCUT2D eigenvalue weighted by Gasteiger charge is 2.42. The molecule has 2 amide bonds. The van der Waals surface area contributed by atoms with Crippen molar-refractivity contribution < 1.29 is 24.2 Å². The van der Waals surface area contributed by atoms with Gasteiger partial charge in [0.2, 0.25) is 0 Å². The maximum atomic E-state index is 13.3. The number of aliphatic hydroxyl groups is 1. The molecule has 0 radical (unpaired) electrons. The molecule has 0 atom stereocenters. The number of hydrogen-bond donors (Lipinski definition) is 1. The number of amides is 2. The Bertz CT molecular complexity index is 923. The summed E-state index contributed by atoms with van der Waals surface area (Å²) < 4.78 is 11.2. The highest BCUT2D eigenvalue weighted by atomic mass is 32.1. The van der Waals surface area contributed by atoms with E-state index in [0.29, 0.717) is 40.9 Å². The van der Waals surface area contributed by atoms with Gasteiger partial charge in [-0.2, -0.15) is 0 Å². The maximum absolute atomic E-state index is 13.3. The Morgan fingerprint density at radius 3 is 2.41 bits per heavy atom. The lowest BCUT2D eigenvalue weighted by atomic mass is 10.2. The fraction of sp³-hybridized carbons (Fsp3) is 0.333. The number of carbonyl (C=O) groups excluding carboxylic acids is 2. The van der Waals surface area contributed by atoms with E-state index < -0.39 is 11.8 Å². The third-order valence-electron chi connectivity index (χ3n) is 4.43. The van der Waals surface area contributed by atoms with Crippen molar-refractivity contribution in [2.45, 2.75) is 13.8 Å². The van der Waals surface area contributed by atoms with Crippen molar-refractivity contribution in [3.8, 4) is 11.5 Å². The number of carbonyl (C=O) groups is 2. The Morgan fingerprint density at radius 2 is 1.79 bits per heavy atom. The molecule has 8 heteroatoms. The second kappa shape index (κ2) is 9.11. The van der Waals surface area contributed by atoms with E-state index in [1.165, 1.54) is 11.3 Å². The van der Waals surface area contributed by atoms with Gasteiger partial charge < -0.3 is 19.5 Å². The van der Waals surface area contributed by atoms with Gasteiger partial charge in [0.15, 0.2) is 11.5 Å². The number of rotatable bonds is 9. The van der Waals surface area contributed by atoms with Crippen molar-refractivity contribution in [2.75, 3.05) is 38.3 Å². The molecule has 0 saturated heterocycles. The van der Waals surface area contributed by atoms with Crippen molar-refractivity contribution in [1.82, 2.24) is 4.90 Å². The van der Waals surface area contributed by atoms with Crippen LogP contribution in [0.5, 0.6) is 11.5 Å². The van der Waals surface area contributed by atoms with Crippen molar-refractivity contribution in [1.29, 1.82) is 0 Å². The molecule has 0 unspecified atom stereocenters. The summed E-state index contributed by atoms with van der Waals surface area (Å²) in [6, 6.07) is 8.66. The molecule has 1 aliphatic heterocycles. The lowest BCUT2D eigenvalue weighted by Gasteiger charge is -2.21. The van der Waals surface area contributed by atoms with Gasteiger partial charge in [0.1, 0.15) is 5.70 Å². The molecule has 29 heavy (non-hydrogen) atoms. The van der Waals surface area contributed by atoms with Crippen LogP contribution in [-0.4, -0.2) is 55.2 Å². The normalized spacial score (nSPS) is 14.0. The van der Waals surface area contributed by atoms with Gasteiger partial charge in [-0.05, 0) is 37.4 Å². The van der Waals surface area contributed by atoms with Crippen LogP contribution in [0.3, 0.4) is 0 Å². The number of imide groups is 1. The average molecular weight is 416 g/mol. The van der Waals surface area contributed by atoms with Crippen molar-refractivity contribution in [2.24, 2.45) is 0 Å². The van der Waals surface area contributed by atoms with Gasteiger partial charge in [0.05, 0.1) is 31.1 Å². The molecule has 1 aromatic carbocycles. The fourth-order valence-corrected chi connectivity index (χ4v) is 3.95. The largest absolute Gasteiger partial charge is 0.490 e. The van der Waals surface area contributed by atoms with E-state index in [0.717, 1.165) is 4.90 Å². The van der Waals surface area contributed by atoms with Gasteiger partial charge in [0.25, 0.3) is 11.8 Å². The quantitative estimate of drug-likeness (QED) is 0.634. The zero-order valence-corrected chi connectivity index (χ0v) is 17.5. The predicted octanol–water partition coefficient (Wildman–Crippen LogP) is 2.75. The number of ether oxygens (including phenoxy) is 2. The van der Waals surface area contributed by atoms with Gasteiger partial charge in [0, 0.05) is 24.5 Å². The van der Waals surface area contributed by atoms with Crippen LogP contribution < -0.4 is 14.4 Å². The average Bonchev–Trinajstić information content (AvgIpc) is 3.30. The summed E-state index contributed by atoms with van der Waals surface area (Å²) in [4.78, 5) is 30.1. The van der Waals surface area contributed by atoms with Crippen LogP contribution >= 0.6 is 11.3 Å². The van der Waals surface area contributed by atoms with Crippen LogP contribution in [0.15, 0.2) is 41.4 Å². The standard InChI is InChI=1S/C21H24N2O5S/c1-4-27-15-9-8-14(13-16(15)28-5-2)23-20(25)18(17-7-6-12-29-17)19(21(23)26)22(3)10-11-24/h6-9,12-13,24H,4-5,10-11H2,1-3H3. The lowest BCUT2D eigenvalue weighted by molar-refractivity contribution is -0.120. The Morgan fingerprint density at radius 1 is 1.07 bits per heavy atom. The van der Waals surface area contributed by atoms with E-state index in [2.05, 4.69) is 0 Å². The van der Waals surface area contributed by atoms with Crippen LogP contribution in [0.25, 0.3) is 5.57 Å². The summed E-state index contributed by atoms with van der Waals surface area (Å²) >= 11 is 1.39. The number of benzene rings is 1. The molecule has 1 aliphatic rings. The van der Waals surface area contributed by atoms with E-state index in [9.17, 15) is 14.7 Å². The Hall–Kier alpha value is -2.84. The zero-order valence-electron chi connectivity index (χ0n) is 16.7. The smallest absolute Gasteiger partial charge is 0.282 e. The summed E-state index contributed by atoms with van der Waals surface area (Å²) in [6.45, 7) is 4.74. The molecular formula is C21H24N2O5S. The van der Waals surface area contributed by atoms with E-state index in [-0.39, 0.29) is 18.8 Å². The minimum atomic E-state index is -0.430. The predicted molar refractivity (Wildman–Crippen MR) is 112 cm³/mol. The molecule has 7 nitrogen and oxygen atoms in total. The Kier molecular flexibility index (Phi) is 6.56. The minimum Gasteiger partial charge on any atom is -0.490 e. The van der Waals surface area contributed by atoms with Gasteiger partial charge in [-0.15, -0.1) is 11.3 Å². The van der Waals surface area contributed by atoms with Crippen LogP contribution in [0.4, 0.5) is 5.69 Å². The van der Waals surface area contributed by atoms with Gasteiger partial charge >= 0.3 is 0 Å². The number of hydrogen-bond acceptors (Lipinski definition) is 7. The molecule has 2 heterocycles. The molecule has 0 aliphatic carbocycles. The van der Waals surface area contributed by atoms with Crippen molar-refractivity contribution in [3.05, 3.63) is 46.3 Å². The van der Waals surface area contributed by atoms with Crippen LogP contribution in [0.2, 0.25) is 0 Å². The van der Waals surface area contributed by atoms with Crippen molar-refractivity contribution in [3.63, 3.8) is 0 Å². The molecule has 0 spiro atoms. The van der Waals surface area contributed by atoms with Crippen LogP contribution in [0, 0.1) is 0 Å².